The van der Waals surface area contributed by atoms with Crippen LogP contribution in [-0.2, 0) is 22.4 Å². The molecule has 0 saturated carbocycles. The number of esters is 2. The van der Waals surface area contributed by atoms with Gasteiger partial charge in [0, 0.05) is 0 Å². The molecule has 0 aliphatic heterocycles. The summed E-state index contributed by atoms with van der Waals surface area (Å²) in [7, 11) is 0. The van der Waals surface area contributed by atoms with Crippen molar-refractivity contribution in [1.29, 1.82) is 0 Å². The van der Waals surface area contributed by atoms with Gasteiger partial charge in [-0.1, -0.05) is 24.3 Å². The van der Waals surface area contributed by atoms with Gasteiger partial charge in [0.2, 0.25) is 69.7 Å². The molecule has 0 N–H and O–H groups in total. The average molecular weight is 538 g/mol. The fourth-order valence-corrected chi connectivity index (χ4v) is 3.72. The van der Waals surface area contributed by atoms with E-state index in [1.54, 1.807) is 0 Å². The second kappa shape index (κ2) is 9.09. The summed E-state index contributed by atoms with van der Waals surface area (Å²) in [6, 6.07) is 5.52. The highest BCUT2D eigenvalue weighted by molar-refractivity contribution is 6.03. The summed E-state index contributed by atoms with van der Waals surface area (Å²) in [5, 5.41) is 0. The van der Waals surface area contributed by atoms with Gasteiger partial charge in [-0.25, -0.2) is 26.3 Å². The van der Waals surface area contributed by atoms with E-state index in [4.69, 9.17) is 0 Å². The highest BCUT2D eigenvalue weighted by Gasteiger charge is 2.54. The number of ether oxygens (including phenoxy) is 2. The van der Waals surface area contributed by atoms with E-state index in [0.29, 0.717) is 0 Å². The summed E-state index contributed by atoms with van der Waals surface area (Å²) >= 11 is 0. The number of carbonyl (C=O) groups excluding carboxylic acids is 2. The Morgan fingerprint density at radius 1 is 0.514 bits per heavy atom. The normalized spacial score (nSPS) is 13.9. The van der Waals surface area contributed by atoms with Crippen molar-refractivity contribution in [1.82, 2.24) is 0 Å². The molecule has 0 radical (unpaired) electrons. The van der Waals surface area contributed by atoms with E-state index in [1.807, 2.05) is 0 Å². The van der Waals surface area contributed by atoms with Crippen LogP contribution in [0.5, 0.6) is 11.5 Å². The lowest BCUT2D eigenvalue weighted by Crippen LogP contribution is -2.46. The Kier molecular flexibility index (Phi) is 6.38. The minimum atomic E-state index is -2.80. The first-order chi connectivity index (χ1) is 17.3. The van der Waals surface area contributed by atoms with Gasteiger partial charge in [0.1, 0.15) is 0 Å². The summed E-state index contributed by atoms with van der Waals surface area (Å²) in [6.45, 7) is 0. The molecule has 4 nitrogen and oxygen atoms in total. The van der Waals surface area contributed by atoms with Crippen LogP contribution < -0.4 is 9.47 Å². The smallest absolute Gasteiger partial charge is 0.329 e. The van der Waals surface area contributed by atoms with E-state index in [1.165, 1.54) is 24.3 Å². The molecule has 0 spiro atoms. The Morgan fingerprint density at radius 3 is 1.08 bits per heavy atom. The van der Waals surface area contributed by atoms with Crippen LogP contribution in [0.25, 0.3) is 0 Å². The third kappa shape index (κ3) is 3.96. The summed E-state index contributed by atoms with van der Waals surface area (Å²) in [5.41, 5.74) is -2.43. The first kappa shape index (κ1) is 26.0. The SMILES string of the molecule is O=C(Oc1c(F)c(F)c(F)c(F)c1F)C1(C(=O)Oc2c(F)c(F)c(F)c(F)c2F)Cc2ccccc2C1. The lowest BCUT2D eigenvalue weighted by Gasteiger charge is -2.25. The van der Waals surface area contributed by atoms with Gasteiger partial charge in [0.25, 0.3) is 0 Å². The zero-order valence-electron chi connectivity index (χ0n) is 17.6. The minimum absolute atomic E-state index is 0.186. The molecule has 37 heavy (non-hydrogen) atoms. The first-order valence-electron chi connectivity index (χ1n) is 9.86. The van der Waals surface area contributed by atoms with Crippen LogP contribution in [0.4, 0.5) is 43.9 Å². The third-order valence-electron chi connectivity index (χ3n) is 5.61. The second-order valence-corrected chi connectivity index (χ2v) is 7.78. The Hall–Kier alpha value is -4.10. The molecule has 1 aliphatic rings. The quantitative estimate of drug-likeness (QED) is 0.112. The number of hydrogen-bond acceptors (Lipinski definition) is 4. The van der Waals surface area contributed by atoms with Crippen LogP contribution in [0.15, 0.2) is 24.3 Å². The highest BCUT2D eigenvalue weighted by Crippen LogP contribution is 2.42. The monoisotopic (exact) mass is 538 g/mol. The van der Waals surface area contributed by atoms with Gasteiger partial charge < -0.3 is 9.47 Å². The van der Waals surface area contributed by atoms with Crippen molar-refractivity contribution in [3.63, 3.8) is 0 Å². The summed E-state index contributed by atoms with van der Waals surface area (Å²) in [5.74, 6) is -33.6. The number of rotatable bonds is 4. The number of carbonyl (C=O) groups is 2. The van der Waals surface area contributed by atoms with Crippen molar-refractivity contribution in [2.24, 2.45) is 5.41 Å². The molecule has 1 aliphatic carbocycles. The van der Waals surface area contributed by atoms with E-state index in [9.17, 15) is 53.5 Å². The molecule has 0 heterocycles. The number of hydrogen-bond donors (Lipinski definition) is 0. The average Bonchev–Trinajstić information content (AvgIpc) is 3.30. The van der Waals surface area contributed by atoms with E-state index in [-0.39, 0.29) is 11.1 Å². The summed E-state index contributed by atoms with van der Waals surface area (Å²) in [4.78, 5) is 26.0. The van der Waals surface area contributed by atoms with E-state index < -0.39 is 99.9 Å². The van der Waals surface area contributed by atoms with E-state index >= 15 is 0 Å². The van der Waals surface area contributed by atoms with Gasteiger partial charge in [0.05, 0.1) is 0 Å². The number of fused-ring (bicyclic) bond motifs is 1. The molecular formula is C23H8F10O4. The third-order valence-corrected chi connectivity index (χ3v) is 5.61. The van der Waals surface area contributed by atoms with Crippen molar-refractivity contribution in [2.45, 2.75) is 12.8 Å². The molecule has 0 saturated heterocycles. The minimum Gasteiger partial charge on any atom is -0.419 e. The van der Waals surface area contributed by atoms with Crippen molar-refractivity contribution >= 4 is 11.9 Å². The summed E-state index contributed by atoms with van der Waals surface area (Å²) in [6.07, 6.45) is -1.52. The number of benzene rings is 3. The van der Waals surface area contributed by atoms with Crippen LogP contribution in [0.3, 0.4) is 0 Å². The predicted octanol–water partition coefficient (Wildman–Crippen LogP) is 5.37. The Morgan fingerprint density at radius 2 is 0.784 bits per heavy atom. The van der Waals surface area contributed by atoms with Crippen LogP contribution in [0.2, 0.25) is 0 Å². The van der Waals surface area contributed by atoms with Crippen LogP contribution in [0, 0.1) is 63.6 Å². The molecule has 0 amide bonds. The van der Waals surface area contributed by atoms with Gasteiger partial charge in [-0.2, -0.15) is 17.6 Å². The molecule has 0 fully saturated rings. The number of halogens is 10. The molecular weight excluding hydrogens is 530 g/mol. The standard InChI is InChI=1S/C23H8F10O4/c24-9-11(26)15(30)19(16(31)12(9)27)36-21(34)23(5-7-3-1-2-4-8(7)6-23)22(35)37-20-17(32)13(28)10(25)14(29)18(20)33/h1-4H,5-6H2. The molecule has 194 valence electrons. The fourth-order valence-electron chi connectivity index (χ4n) is 3.72. The Bertz CT molecular complexity index is 1320. The zero-order valence-corrected chi connectivity index (χ0v) is 17.6. The van der Waals surface area contributed by atoms with Crippen molar-refractivity contribution in [3.05, 3.63) is 93.6 Å². The van der Waals surface area contributed by atoms with Gasteiger partial charge >= 0.3 is 11.9 Å². The molecule has 4 rings (SSSR count). The van der Waals surface area contributed by atoms with Crippen LogP contribution in [-0.4, -0.2) is 11.9 Å². The van der Waals surface area contributed by atoms with Crippen molar-refractivity contribution < 1.29 is 63.0 Å². The highest BCUT2D eigenvalue weighted by atomic mass is 19.2. The molecule has 0 atom stereocenters. The zero-order chi connectivity index (χ0) is 27.4. The molecule has 0 bridgehead atoms. The lowest BCUT2D eigenvalue weighted by molar-refractivity contribution is -0.161. The molecule has 3 aromatic carbocycles. The predicted molar refractivity (Wildman–Crippen MR) is 100 cm³/mol. The molecule has 14 heteroatoms. The van der Waals surface area contributed by atoms with Gasteiger partial charge in [-0.3, -0.25) is 9.59 Å². The first-order valence-corrected chi connectivity index (χ1v) is 9.86. The van der Waals surface area contributed by atoms with Gasteiger partial charge in [-0.15, -0.1) is 0 Å². The Labute approximate surface area is 199 Å². The van der Waals surface area contributed by atoms with E-state index in [2.05, 4.69) is 9.47 Å². The lowest BCUT2D eigenvalue weighted by atomic mass is 9.84. The van der Waals surface area contributed by atoms with E-state index in [0.717, 1.165) is 0 Å². The molecule has 0 aromatic heterocycles. The topological polar surface area (TPSA) is 52.6 Å². The fraction of sp³-hybridized carbons (Fsp3) is 0.130. The molecule has 3 aromatic rings. The second-order valence-electron chi connectivity index (χ2n) is 7.78. The van der Waals surface area contributed by atoms with Crippen LogP contribution >= 0.6 is 0 Å². The van der Waals surface area contributed by atoms with Crippen molar-refractivity contribution in [2.75, 3.05) is 0 Å². The van der Waals surface area contributed by atoms with Crippen LogP contribution in [0.1, 0.15) is 11.1 Å². The van der Waals surface area contributed by atoms with Gasteiger partial charge in [-0.05, 0) is 24.0 Å². The maximum atomic E-state index is 14.1. The van der Waals surface area contributed by atoms with Gasteiger partial charge in [0.15, 0.2) is 5.41 Å². The Balaban J connectivity index is 1.80. The maximum absolute atomic E-state index is 14.1. The largest absolute Gasteiger partial charge is 0.419 e. The molecule has 0 unspecified atom stereocenters. The van der Waals surface area contributed by atoms with Crippen molar-refractivity contribution in [3.8, 4) is 11.5 Å². The summed E-state index contributed by atoms with van der Waals surface area (Å²) < 4.78 is 146. The maximum Gasteiger partial charge on any atom is 0.329 e.